The molecule has 1 saturated heterocycles. The van der Waals surface area contributed by atoms with E-state index in [9.17, 15) is 4.79 Å². The Labute approximate surface area is 258 Å². The SMILES string of the molecule is CCC=C1c2cc(OCC)c(OCC)cc2C2(CC2)N1CC(=O)c1cc(C2CCCCOCC2)c(OC)c(C(C)(C)C)c1. The van der Waals surface area contributed by atoms with Crippen molar-refractivity contribution in [3.8, 4) is 17.2 Å². The molecule has 2 aromatic carbocycles. The number of ketones is 1. The number of hydrogen-bond donors (Lipinski definition) is 0. The molecule has 6 nitrogen and oxygen atoms in total. The van der Waals surface area contributed by atoms with Crippen LogP contribution in [0.1, 0.15) is 125 Å². The van der Waals surface area contributed by atoms with Crippen molar-refractivity contribution in [2.75, 3.05) is 40.1 Å². The third-order valence-electron chi connectivity index (χ3n) is 9.28. The van der Waals surface area contributed by atoms with Gasteiger partial charge in [-0.05, 0) is 99.1 Å². The Morgan fingerprint density at radius 3 is 2.35 bits per heavy atom. The Morgan fingerprint density at radius 1 is 1.00 bits per heavy atom. The van der Waals surface area contributed by atoms with Crippen LogP contribution in [0, 0.1) is 0 Å². The van der Waals surface area contributed by atoms with E-state index in [4.69, 9.17) is 18.9 Å². The van der Waals surface area contributed by atoms with Gasteiger partial charge in [0.15, 0.2) is 17.3 Å². The summed E-state index contributed by atoms with van der Waals surface area (Å²) in [5.74, 6) is 2.94. The molecule has 1 aliphatic carbocycles. The predicted molar refractivity (Wildman–Crippen MR) is 173 cm³/mol. The lowest BCUT2D eigenvalue weighted by Crippen LogP contribution is -2.33. The van der Waals surface area contributed by atoms with E-state index in [1.54, 1.807) is 7.11 Å². The van der Waals surface area contributed by atoms with E-state index in [0.29, 0.717) is 25.7 Å². The molecule has 2 aliphatic heterocycles. The Balaban J connectivity index is 1.55. The van der Waals surface area contributed by atoms with Crippen LogP contribution in [0.3, 0.4) is 0 Å². The zero-order valence-electron chi connectivity index (χ0n) is 27.4. The number of carbonyl (C=O) groups excluding carboxylic acids is 1. The van der Waals surface area contributed by atoms with Crippen molar-refractivity contribution < 1.29 is 23.7 Å². The second-order valence-electron chi connectivity index (χ2n) is 13.2. The summed E-state index contributed by atoms with van der Waals surface area (Å²) < 4.78 is 24.0. The smallest absolute Gasteiger partial charge is 0.182 e. The molecule has 1 spiro atoms. The minimum absolute atomic E-state index is 0.146. The maximum Gasteiger partial charge on any atom is 0.182 e. The fraction of sp³-hybridized carbons (Fsp3) is 0.595. The van der Waals surface area contributed by atoms with Gasteiger partial charge in [0.1, 0.15) is 5.75 Å². The molecule has 0 radical (unpaired) electrons. The molecule has 5 rings (SSSR count). The summed E-state index contributed by atoms with van der Waals surface area (Å²) in [4.78, 5) is 16.8. The van der Waals surface area contributed by atoms with Gasteiger partial charge < -0.3 is 23.8 Å². The number of Topliss-reactive ketones (excluding diaryl/α,β-unsaturated/α-hetero) is 1. The van der Waals surface area contributed by atoms with E-state index in [-0.39, 0.29) is 16.7 Å². The number of allylic oxidation sites excluding steroid dienone is 1. The highest BCUT2D eigenvalue weighted by atomic mass is 16.5. The molecule has 2 heterocycles. The minimum Gasteiger partial charge on any atom is -0.496 e. The molecule has 0 amide bonds. The largest absolute Gasteiger partial charge is 0.496 e. The first-order chi connectivity index (χ1) is 20.7. The summed E-state index contributed by atoms with van der Waals surface area (Å²) in [6.45, 7) is 15.8. The van der Waals surface area contributed by atoms with Gasteiger partial charge in [-0.3, -0.25) is 4.79 Å². The van der Waals surface area contributed by atoms with Crippen LogP contribution < -0.4 is 14.2 Å². The van der Waals surface area contributed by atoms with Crippen LogP contribution in [-0.2, 0) is 15.7 Å². The first kappa shape index (κ1) is 31.4. The third-order valence-corrected chi connectivity index (χ3v) is 9.28. The zero-order chi connectivity index (χ0) is 30.8. The molecule has 2 aromatic rings. The zero-order valence-corrected chi connectivity index (χ0v) is 27.4. The van der Waals surface area contributed by atoms with Gasteiger partial charge in [0.2, 0.25) is 0 Å². The second kappa shape index (κ2) is 12.9. The second-order valence-corrected chi connectivity index (χ2v) is 13.2. The van der Waals surface area contributed by atoms with Crippen molar-refractivity contribution in [2.45, 2.75) is 103 Å². The minimum atomic E-state index is -0.172. The number of rotatable bonds is 10. The number of nitrogens with zero attached hydrogens (tertiary/aromatic N) is 1. The number of hydrogen-bond acceptors (Lipinski definition) is 6. The highest BCUT2D eigenvalue weighted by Crippen LogP contribution is 2.61. The van der Waals surface area contributed by atoms with Gasteiger partial charge in [-0.2, -0.15) is 0 Å². The van der Waals surface area contributed by atoms with Crippen LogP contribution in [0.25, 0.3) is 5.70 Å². The van der Waals surface area contributed by atoms with Crippen molar-refractivity contribution in [1.82, 2.24) is 4.90 Å². The number of methoxy groups -OCH3 is 1. The van der Waals surface area contributed by atoms with Gasteiger partial charge in [0, 0.05) is 35.6 Å². The Morgan fingerprint density at radius 2 is 1.72 bits per heavy atom. The number of benzene rings is 2. The summed E-state index contributed by atoms with van der Waals surface area (Å²) in [7, 11) is 1.77. The molecule has 0 N–H and O–H groups in total. The molecule has 0 aromatic heterocycles. The standard InChI is InChI=1S/C37H51NO5/c1-8-13-31-28-22-33(42-9-2)34(43-10-3)23-29(28)37(16-17-37)38(31)24-32(39)26-20-27(25-14-11-12-18-41-19-15-25)35(40-7)30(21-26)36(4,5)6/h13,20-23,25H,8-12,14-19,24H2,1-7H3. The summed E-state index contributed by atoms with van der Waals surface area (Å²) in [6.07, 6.45) is 9.41. The normalized spacial score (nSPS) is 20.5. The molecule has 6 heteroatoms. The number of ether oxygens (including phenoxy) is 4. The Hall–Kier alpha value is -2.99. The monoisotopic (exact) mass is 589 g/mol. The average Bonchev–Trinajstić information content (AvgIpc) is 3.72. The first-order valence-electron chi connectivity index (χ1n) is 16.4. The van der Waals surface area contributed by atoms with Crippen molar-refractivity contribution in [2.24, 2.45) is 0 Å². The van der Waals surface area contributed by atoms with Gasteiger partial charge in [-0.1, -0.05) is 40.2 Å². The van der Waals surface area contributed by atoms with Crippen LogP contribution >= 0.6 is 0 Å². The van der Waals surface area contributed by atoms with Crippen molar-refractivity contribution in [1.29, 1.82) is 0 Å². The van der Waals surface area contributed by atoms with Crippen molar-refractivity contribution in [3.63, 3.8) is 0 Å². The first-order valence-corrected chi connectivity index (χ1v) is 16.4. The number of carbonyl (C=O) groups is 1. The molecule has 3 aliphatic rings. The fourth-order valence-electron chi connectivity index (χ4n) is 7.04. The molecular weight excluding hydrogens is 538 g/mol. The molecule has 0 bridgehead atoms. The van der Waals surface area contributed by atoms with Crippen LogP contribution in [-0.4, -0.2) is 50.8 Å². The summed E-state index contributed by atoms with van der Waals surface area (Å²) in [6, 6.07) is 8.53. The number of fused-ring (bicyclic) bond motifs is 2. The highest BCUT2D eigenvalue weighted by molar-refractivity contribution is 5.99. The topological polar surface area (TPSA) is 57.2 Å². The van der Waals surface area contributed by atoms with Crippen molar-refractivity contribution >= 4 is 11.5 Å². The van der Waals surface area contributed by atoms with E-state index < -0.39 is 0 Å². The van der Waals surface area contributed by atoms with Gasteiger partial charge in [-0.15, -0.1) is 0 Å². The lowest BCUT2D eigenvalue weighted by atomic mass is 9.79. The van der Waals surface area contributed by atoms with E-state index >= 15 is 0 Å². The van der Waals surface area contributed by atoms with Gasteiger partial charge in [0.25, 0.3) is 0 Å². The van der Waals surface area contributed by atoms with E-state index in [1.807, 2.05) is 13.8 Å². The Bertz CT molecular complexity index is 1340. The quantitative estimate of drug-likeness (QED) is 0.259. The molecule has 1 unspecified atom stereocenters. The maximum atomic E-state index is 14.4. The third kappa shape index (κ3) is 6.18. The molecule has 43 heavy (non-hydrogen) atoms. The Kier molecular flexibility index (Phi) is 9.46. The molecule has 2 fully saturated rings. The lowest BCUT2D eigenvalue weighted by molar-refractivity contribution is 0.0938. The van der Waals surface area contributed by atoms with E-state index in [0.717, 1.165) is 97.8 Å². The van der Waals surface area contributed by atoms with Gasteiger partial charge >= 0.3 is 0 Å². The van der Waals surface area contributed by atoms with Crippen LogP contribution in [0.2, 0.25) is 0 Å². The lowest BCUT2D eigenvalue weighted by Gasteiger charge is -2.30. The highest BCUT2D eigenvalue weighted by Gasteiger charge is 2.56. The van der Waals surface area contributed by atoms with Crippen molar-refractivity contribution in [3.05, 3.63) is 58.2 Å². The summed E-state index contributed by atoms with van der Waals surface area (Å²) in [5, 5.41) is 0. The van der Waals surface area contributed by atoms with Crippen LogP contribution in [0.4, 0.5) is 0 Å². The van der Waals surface area contributed by atoms with E-state index in [1.165, 1.54) is 11.1 Å². The maximum absolute atomic E-state index is 14.4. The van der Waals surface area contributed by atoms with Gasteiger partial charge in [0.05, 0.1) is 32.4 Å². The molecule has 1 atom stereocenters. The predicted octanol–water partition coefficient (Wildman–Crippen LogP) is 8.40. The van der Waals surface area contributed by atoms with Crippen LogP contribution in [0.5, 0.6) is 17.2 Å². The molecular formula is C37H51NO5. The summed E-state index contributed by atoms with van der Waals surface area (Å²) >= 11 is 0. The average molecular weight is 590 g/mol. The molecule has 234 valence electrons. The molecule has 1 saturated carbocycles. The summed E-state index contributed by atoms with van der Waals surface area (Å²) in [5.41, 5.74) is 6.24. The van der Waals surface area contributed by atoms with Gasteiger partial charge in [-0.25, -0.2) is 0 Å². The fourth-order valence-corrected chi connectivity index (χ4v) is 7.04. The van der Waals surface area contributed by atoms with E-state index in [2.05, 4.69) is 62.9 Å². The van der Waals surface area contributed by atoms with Crippen LogP contribution in [0.15, 0.2) is 30.3 Å².